The second-order valence-corrected chi connectivity index (χ2v) is 4.64. The molecular weight excluding hydrogens is 258 g/mol. The molecule has 3 amide bonds. The SMILES string of the molecule is CCOc1cccc([C@@H](C)NC(=O)[C@H]2CNC(=O)N2)c1. The van der Waals surface area contributed by atoms with E-state index in [9.17, 15) is 9.59 Å². The molecule has 3 N–H and O–H groups in total. The van der Waals surface area contributed by atoms with Gasteiger partial charge in [0.2, 0.25) is 5.91 Å². The van der Waals surface area contributed by atoms with Crippen molar-refractivity contribution in [1.29, 1.82) is 0 Å². The highest BCUT2D eigenvalue weighted by atomic mass is 16.5. The molecule has 1 aromatic carbocycles. The second-order valence-electron chi connectivity index (χ2n) is 4.64. The zero-order chi connectivity index (χ0) is 14.5. The Balaban J connectivity index is 1.97. The minimum Gasteiger partial charge on any atom is -0.494 e. The first kappa shape index (κ1) is 14.2. The van der Waals surface area contributed by atoms with E-state index in [-0.39, 0.29) is 18.0 Å². The number of hydrogen-bond donors (Lipinski definition) is 3. The molecule has 20 heavy (non-hydrogen) atoms. The second kappa shape index (κ2) is 6.27. The first-order valence-electron chi connectivity index (χ1n) is 6.67. The Kier molecular flexibility index (Phi) is 4.45. The van der Waals surface area contributed by atoms with E-state index >= 15 is 0 Å². The Morgan fingerprint density at radius 2 is 2.35 bits per heavy atom. The Labute approximate surface area is 117 Å². The molecule has 0 saturated carbocycles. The third-order valence-corrected chi connectivity index (χ3v) is 3.12. The van der Waals surface area contributed by atoms with Crippen LogP contribution in [0.3, 0.4) is 0 Å². The smallest absolute Gasteiger partial charge is 0.315 e. The summed E-state index contributed by atoms with van der Waals surface area (Å²) in [6.07, 6.45) is 0. The molecule has 1 saturated heterocycles. The summed E-state index contributed by atoms with van der Waals surface area (Å²) >= 11 is 0. The molecule has 6 nitrogen and oxygen atoms in total. The Bertz CT molecular complexity index is 504. The molecule has 6 heteroatoms. The molecule has 0 unspecified atom stereocenters. The molecule has 0 aliphatic carbocycles. The van der Waals surface area contributed by atoms with Gasteiger partial charge in [0.15, 0.2) is 0 Å². The van der Waals surface area contributed by atoms with Crippen LogP contribution in [0, 0.1) is 0 Å². The molecular formula is C14H19N3O3. The normalized spacial score (nSPS) is 18.9. The van der Waals surface area contributed by atoms with Crippen molar-refractivity contribution in [2.24, 2.45) is 0 Å². The number of carbonyl (C=O) groups excluding carboxylic acids is 2. The molecule has 1 aromatic rings. The van der Waals surface area contributed by atoms with E-state index in [0.29, 0.717) is 13.2 Å². The van der Waals surface area contributed by atoms with Gasteiger partial charge in [0.1, 0.15) is 11.8 Å². The predicted molar refractivity (Wildman–Crippen MR) is 74.5 cm³/mol. The lowest BCUT2D eigenvalue weighted by atomic mass is 10.1. The van der Waals surface area contributed by atoms with Gasteiger partial charge >= 0.3 is 6.03 Å². The first-order chi connectivity index (χ1) is 9.60. The van der Waals surface area contributed by atoms with Crippen LogP contribution in [-0.4, -0.2) is 31.1 Å². The third-order valence-electron chi connectivity index (χ3n) is 3.12. The van der Waals surface area contributed by atoms with Crippen LogP contribution in [0.5, 0.6) is 5.75 Å². The molecule has 0 radical (unpaired) electrons. The number of nitrogens with one attached hydrogen (secondary N) is 3. The lowest BCUT2D eigenvalue weighted by Gasteiger charge is -2.17. The molecule has 2 rings (SSSR count). The quantitative estimate of drug-likeness (QED) is 0.749. The summed E-state index contributed by atoms with van der Waals surface area (Å²) in [5.74, 6) is 0.583. The summed E-state index contributed by atoms with van der Waals surface area (Å²) in [6.45, 7) is 4.74. The van der Waals surface area contributed by atoms with Crippen molar-refractivity contribution in [2.75, 3.05) is 13.2 Å². The van der Waals surface area contributed by atoms with Gasteiger partial charge in [-0.05, 0) is 31.5 Å². The molecule has 0 bridgehead atoms. The van der Waals surface area contributed by atoms with Crippen LogP contribution in [0.15, 0.2) is 24.3 Å². The van der Waals surface area contributed by atoms with Gasteiger partial charge in [-0.15, -0.1) is 0 Å². The molecule has 0 spiro atoms. The molecule has 0 aromatic heterocycles. The van der Waals surface area contributed by atoms with Gasteiger partial charge in [-0.25, -0.2) is 4.79 Å². The highest BCUT2D eigenvalue weighted by Gasteiger charge is 2.27. The van der Waals surface area contributed by atoms with E-state index in [0.717, 1.165) is 11.3 Å². The summed E-state index contributed by atoms with van der Waals surface area (Å²) in [4.78, 5) is 23.0. The van der Waals surface area contributed by atoms with Crippen LogP contribution >= 0.6 is 0 Å². The van der Waals surface area contributed by atoms with E-state index in [2.05, 4.69) is 16.0 Å². The zero-order valence-corrected chi connectivity index (χ0v) is 11.6. The number of hydrogen-bond acceptors (Lipinski definition) is 3. The van der Waals surface area contributed by atoms with E-state index in [1.807, 2.05) is 38.1 Å². The van der Waals surface area contributed by atoms with Gasteiger partial charge in [-0.2, -0.15) is 0 Å². The van der Waals surface area contributed by atoms with Crippen molar-refractivity contribution >= 4 is 11.9 Å². The van der Waals surface area contributed by atoms with Gasteiger partial charge in [0.25, 0.3) is 0 Å². The van der Waals surface area contributed by atoms with Crippen LogP contribution in [-0.2, 0) is 4.79 Å². The van der Waals surface area contributed by atoms with Crippen LogP contribution in [0.1, 0.15) is 25.5 Å². The monoisotopic (exact) mass is 277 g/mol. The standard InChI is InChI=1S/C14H19N3O3/c1-3-20-11-6-4-5-10(7-11)9(2)16-13(18)12-8-15-14(19)17-12/h4-7,9,12H,3,8H2,1-2H3,(H,16,18)(H2,15,17,19)/t9-,12-/m1/s1. The first-order valence-corrected chi connectivity index (χ1v) is 6.67. The fourth-order valence-electron chi connectivity index (χ4n) is 2.05. The van der Waals surface area contributed by atoms with E-state index in [4.69, 9.17) is 4.74 Å². The minimum atomic E-state index is -0.514. The van der Waals surface area contributed by atoms with Crippen LogP contribution in [0.25, 0.3) is 0 Å². The summed E-state index contributed by atoms with van der Waals surface area (Å²) in [5, 5.41) is 7.99. The van der Waals surface area contributed by atoms with Gasteiger partial charge in [0.05, 0.1) is 12.6 Å². The summed E-state index contributed by atoms with van der Waals surface area (Å²) in [5.41, 5.74) is 0.960. The molecule has 2 atom stereocenters. The highest BCUT2D eigenvalue weighted by molar-refractivity contribution is 5.90. The molecule has 1 aliphatic rings. The zero-order valence-electron chi connectivity index (χ0n) is 11.6. The van der Waals surface area contributed by atoms with E-state index < -0.39 is 6.04 Å². The van der Waals surface area contributed by atoms with Crippen LogP contribution < -0.4 is 20.7 Å². The van der Waals surface area contributed by atoms with Crippen molar-refractivity contribution in [2.45, 2.75) is 25.9 Å². The number of urea groups is 1. The maximum atomic E-state index is 12.0. The maximum Gasteiger partial charge on any atom is 0.315 e. The van der Waals surface area contributed by atoms with Crippen molar-refractivity contribution in [1.82, 2.24) is 16.0 Å². The lowest BCUT2D eigenvalue weighted by molar-refractivity contribution is -0.123. The van der Waals surface area contributed by atoms with Crippen molar-refractivity contribution in [3.8, 4) is 5.75 Å². The Morgan fingerprint density at radius 1 is 1.55 bits per heavy atom. The van der Waals surface area contributed by atoms with Crippen LogP contribution in [0.2, 0.25) is 0 Å². The maximum absolute atomic E-state index is 12.0. The molecule has 1 aliphatic heterocycles. The average molecular weight is 277 g/mol. The molecule has 1 fully saturated rings. The largest absolute Gasteiger partial charge is 0.494 e. The number of amides is 3. The van der Waals surface area contributed by atoms with Gasteiger partial charge in [-0.3, -0.25) is 4.79 Å². The summed E-state index contributed by atoms with van der Waals surface area (Å²) < 4.78 is 5.44. The lowest BCUT2D eigenvalue weighted by Crippen LogP contribution is -2.43. The molecule has 108 valence electrons. The van der Waals surface area contributed by atoms with E-state index in [1.54, 1.807) is 0 Å². The van der Waals surface area contributed by atoms with Gasteiger partial charge in [-0.1, -0.05) is 12.1 Å². The van der Waals surface area contributed by atoms with E-state index in [1.165, 1.54) is 0 Å². The minimum absolute atomic E-state index is 0.152. The summed E-state index contributed by atoms with van der Waals surface area (Å²) in [6, 6.07) is 6.63. The predicted octanol–water partition coefficient (Wildman–Crippen LogP) is 0.944. The number of benzene rings is 1. The third kappa shape index (κ3) is 3.40. The Hall–Kier alpha value is -2.24. The number of rotatable bonds is 5. The highest BCUT2D eigenvalue weighted by Crippen LogP contribution is 2.19. The fraction of sp³-hybridized carbons (Fsp3) is 0.429. The number of carbonyl (C=O) groups is 2. The summed E-state index contributed by atoms with van der Waals surface area (Å²) in [7, 11) is 0. The van der Waals surface area contributed by atoms with Crippen LogP contribution in [0.4, 0.5) is 4.79 Å². The van der Waals surface area contributed by atoms with Crippen molar-refractivity contribution in [3.05, 3.63) is 29.8 Å². The van der Waals surface area contributed by atoms with Gasteiger partial charge in [0, 0.05) is 6.54 Å². The average Bonchev–Trinajstić information content (AvgIpc) is 2.86. The Morgan fingerprint density at radius 3 is 3.00 bits per heavy atom. The molecule has 1 heterocycles. The number of ether oxygens (including phenoxy) is 1. The fourth-order valence-corrected chi connectivity index (χ4v) is 2.05. The van der Waals surface area contributed by atoms with Gasteiger partial charge < -0.3 is 20.7 Å². The van der Waals surface area contributed by atoms with Crippen molar-refractivity contribution < 1.29 is 14.3 Å². The topological polar surface area (TPSA) is 79.5 Å². The van der Waals surface area contributed by atoms with Crippen molar-refractivity contribution in [3.63, 3.8) is 0 Å².